The molecule has 0 fully saturated rings. The molecular formula is C27H24F2N8O. The van der Waals surface area contributed by atoms with Crippen LogP contribution >= 0.6 is 0 Å². The normalized spacial score (nSPS) is 16.3. The molecule has 0 aliphatic carbocycles. The minimum absolute atomic E-state index is 0.0223. The lowest BCUT2D eigenvalue weighted by atomic mass is 9.93. The van der Waals surface area contributed by atoms with E-state index in [1.807, 2.05) is 16.9 Å². The Hall–Kier alpha value is -4.54. The van der Waals surface area contributed by atoms with Crippen LogP contribution in [0.2, 0.25) is 0 Å². The molecule has 7 rings (SSSR count). The third-order valence-electron chi connectivity index (χ3n) is 7.38. The van der Waals surface area contributed by atoms with Gasteiger partial charge in [-0.3, -0.25) is 4.68 Å². The van der Waals surface area contributed by atoms with Gasteiger partial charge in [-0.2, -0.15) is 5.10 Å². The van der Waals surface area contributed by atoms with E-state index >= 15 is 4.39 Å². The number of hydrogen-bond donors (Lipinski definition) is 2. The molecule has 0 radical (unpaired) electrons. The first kappa shape index (κ1) is 22.6. The van der Waals surface area contributed by atoms with E-state index in [9.17, 15) is 4.39 Å². The fourth-order valence-corrected chi connectivity index (χ4v) is 5.37. The minimum atomic E-state index is -1.21. The van der Waals surface area contributed by atoms with E-state index in [-0.39, 0.29) is 30.2 Å². The molecule has 1 atom stereocenters. The van der Waals surface area contributed by atoms with E-state index in [1.165, 1.54) is 6.20 Å². The van der Waals surface area contributed by atoms with Crippen LogP contribution in [0.25, 0.3) is 21.9 Å². The van der Waals surface area contributed by atoms with Gasteiger partial charge in [0.15, 0.2) is 11.6 Å². The van der Waals surface area contributed by atoms with Gasteiger partial charge in [-0.1, -0.05) is 0 Å². The molecule has 0 unspecified atom stereocenters. The molecule has 9 nitrogen and oxygen atoms in total. The van der Waals surface area contributed by atoms with E-state index in [2.05, 4.69) is 24.8 Å². The summed E-state index contributed by atoms with van der Waals surface area (Å²) in [7, 11) is 0. The van der Waals surface area contributed by atoms with Crippen molar-refractivity contribution in [1.82, 2.24) is 29.3 Å². The highest BCUT2D eigenvalue weighted by atomic mass is 19.1. The van der Waals surface area contributed by atoms with Crippen LogP contribution in [0.5, 0.6) is 5.88 Å². The van der Waals surface area contributed by atoms with Crippen LogP contribution in [0.15, 0.2) is 43.0 Å². The molecule has 5 aromatic rings. The monoisotopic (exact) mass is 514 g/mol. The summed E-state index contributed by atoms with van der Waals surface area (Å²) in [6.45, 7) is 3.46. The number of ether oxygens (including phenoxy) is 1. The summed E-state index contributed by atoms with van der Waals surface area (Å²) < 4.78 is 39.8. The first-order valence-corrected chi connectivity index (χ1v) is 12.4. The quantitative estimate of drug-likeness (QED) is 0.331. The lowest BCUT2D eigenvalue weighted by molar-refractivity contribution is 0.192. The number of imidazole rings is 1. The highest BCUT2D eigenvalue weighted by Gasteiger charge is 2.27. The number of nitrogens with one attached hydrogen (secondary N) is 1. The summed E-state index contributed by atoms with van der Waals surface area (Å²) in [6, 6.07) is 5.50. The van der Waals surface area contributed by atoms with E-state index in [1.54, 1.807) is 31.5 Å². The van der Waals surface area contributed by atoms with E-state index < -0.39 is 12.0 Å². The molecule has 2 aliphatic heterocycles. The number of aromatic nitrogens is 6. The molecule has 6 heterocycles. The third-order valence-corrected chi connectivity index (χ3v) is 7.38. The maximum absolute atomic E-state index is 15.5. The minimum Gasteiger partial charge on any atom is -0.477 e. The predicted molar refractivity (Wildman–Crippen MR) is 139 cm³/mol. The summed E-state index contributed by atoms with van der Waals surface area (Å²) in [4.78, 5) is 13.1. The topological polar surface area (TPSA) is 109 Å². The number of pyridine rings is 2. The van der Waals surface area contributed by atoms with Crippen LogP contribution in [0.1, 0.15) is 35.2 Å². The van der Waals surface area contributed by atoms with Gasteiger partial charge in [0.25, 0.3) is 0 Å². The molecule has 0 saturated heterocycles. The van der Waals surface area contributed by atoms with Gasteiger partial charge in [-0.25, -0.2) is 23.7 Å². The highest BCUT2D eigenvalue weighted by molar-refractivity contribution is 5.98. The van der Waals surface area contributed by atoms with Crippen molar-refractivity contribution in [3.8, 4) is 17.0 Å². The number of fused-ring (bicyclic) bond motifs is 4. The van der Waals surface area contributed by atoms with E-state index in [4.69, 9.17) is 15.6 Å². The van der Waals surface area contributed by atoms with Gasteiger partial charge in [-0.05, 0) is 30.0 Å². The standard InChI is InChI=1S/C27H24F2N8O/c1-14-18(11-33-27-24(14)20(28)3-7-38-27)17-8-15-9-21(32-12-19(15)26(30)25(17)29)34-22-10-16-2-5-36-6-4-31-23(36)13-37(16)35-22/h4,6,8-12,20H,2-3,5,7,13,30H2,1H3,(H,32,34,35)/t20-/m1/s1. The van der Waals surface area contributed by atoms with Crippen LogP contribution in [0.3, 0.4) is 0 Å². The average molecular weight is 515 g/mol. The van der Waals surface area contributed by atoms with Crippen molar-refractivity contribution in [2.75, 3.05) is 17.7 Å². The van der Waals surface area contributed by atoms with Gasteiger partial charge >= 0.3 is 0 Å². The van der Waals surface area contributed by atoms with Crippen LogP contribution in [0.4, 0.5) is 26.1 Å². The first-order chi connectivity index (χ1) is 18.5. The Bertz CT molecular complexity index is 1730. The molecule has 38 heavy (non-hydrogen) atoms. The summed E-state index contributed by atoms with van der Waals surface area (Å²) >= 11 is 0. The molecular weight excluding hydrogens is 490 g/mol. The maximum Gasteiger partial charge on any atom is 0.219 e. The second-order valence-corrected chi connectivity index (χ2v) is 9.65. The number of halogens is 2. The lowest BCUT2D eigenvalue weighted by Crippen LogP contribution is -2.14. The predicted octanol–water partition coefficient (Wildman–Crippen LogP) is 4.86. The van der Waals surface area contributed by atoms with Crippen molar-refractivity contribution < 1.29 is 13.5 Å². The zero-order valence-electron chi connectivity index (χ0n) is 20.6. The molecule has 0 bridgehead atoms. The molecule has 4 aromatic heterocycles. The van der Waals surface area contributed by atoms with Crippen molar-refractivity contribution in [3.63, 3.8) is 0 Å². The van der Waals surface area contributed by atoms with Crippen molar-refractivity contribution in [1.29, 1.82) is 0 Å². The number of rotatable bonds is 3. The highest BCUT2D eigenvalue weighted by Crippen LogP contribution is 2.42. The van der Waals surface area contributed by atoms with Gasteiger partial charge < -0.3 is 20.4 Å². The number of anilines is 3. The van der Waals surface area contributed by atoms with Gasteiger partial charge in [0.05, 0.1) is 24.4 Å². The molecule has 3 N–H and O–H groups in total. The molecule has 1 aromatic carbocycles. The molecule has 0 saturated carbocycles. The second kappa shape index (κ2) is 8.51. The Kier molecular flexibility index (Phi) is 5.07. The number of nitrogen functional groups attached to an aromatic ring is 1. The van der Waals surface area contributed by atoms with Crippen molar-refractivity contribution in [2.45, 2.75) is 39.0 Å². The maximum atomic E-state index is 15.5. The van der Waals surface area contributed by atoms with Crippen LogP contribution in [-0.2, 0) is 19.5 Å². The fraction of sp³-hybridized carbons (Fsp3) is 0.259. The number of nitrogens with two attached hydrogens (primary N) is 1. The number of aryl methyl sites for hydroxylation is 2. The molecule has 0 amide bonds. The van der Waals surface area contributed by atoms with E-state index in [0.29, 0.717) is 45.6 Å². The SMILES string of the molecule is Cc1c(-c2cc3cc(Nc4cc5n(n4)Cc4nccn4CC5)ncc3c(N)c2F)cnc2c1[C@H](F)CCO2. The fourth-order valence-electron chi connectivity index (χ4n) is 5.37. The van der Waals surface area contributed by atoms with Crippen LogP contribution < -0.4 is 15.8 Å². The first-order valence-electron chi connectivity index (χ1n) is 12.4. The zero-order valence-corrected chi connectivity index (χ0v) is 20.6. The number of nitrogens with zero attached hydrogens (tertiary/aromatic N) is 6. The third kappa shape index (κ3) is 3.57. The Morgan fingerprint density at radius 3 is 2.89 bits per heavy atom. The molecule has 11 heteroatoms. The van der Waals surface area contributed by atoms with Crippen molar-refractivity contribution >= 4 is 28.1 Å². The molecule has 192 valence electrons. The van der Waals surface area contributed by atoms with Crippen LogP contribution in [0, 0.1) is 12.7 Å². The largest absolute Gasteiger partial charge is 0.477 e. The smallest absolute Gasteiger partial charge is 0.219 e. The summed E-state index contributed by atoms with van der Waals surface area (Å²) in [5.74, 6) is 1.84. The summed E-state index contributed by atoms with van der Waals surface area (Å²) in [5, 5.41) is 9.12. The van der Waals surface area contributed by atoms with Gasteiger partial charge in [0, 0.05) is 72.4 Å². The van der Waals surface area contributed by atoms with Gasteiger partial charge in [-0.15, -0.1) is 0 Å². The Labute approximate surface area is 216 Å². The molecule has 0 spiro atoms. The lowest BCUT2D eigenvalue weighted by Gasteiger charge is -2.23. The summed E-state index contributed by atoms with van der Waals surface area (Å²) in [6.07, 6.45) is 6.70. The Morgan fingerprint density at radius 2 is 2.00 bits per heavy atom. The van der Waals surface area contributed by atoms with Gasteiger partial charge in [0.2, 0.25) is 5.88 Å². The second-order valence-electron chi connectivity index (χ2n) is 9.65. The number of hydrogen-bond acceptors (Lipinski definition) is 7. The Balaban J connectivity index is 1.25. The van der Waals surface area contributed by atoms with Crippen molar-refractivity contribution in [2.24, 2.45) is 0 Å². The van der Waals surface area contributed by atoms with Crippen molar-refractivity contribution in [3.05, 3.63) is 71.4 Å². The average Bonchev–Trinajstić information content (AvgIpc) is 3.48. The summed E-state index contributed by atoms with van der Waals surface area (Å²) in [5.41, 5.74) is 8.97. The Morgan fingerprint density at radius 1 is 1.11 bits per heavy atom. The van der Waals surface area contributed by atoms with Crippen LogP contribution in [-0.4, -0.2) is 35.9 Å². The number of alkyl halides is 1. The van der Waals surface area contributed by atoms with E-state index in [0.717, 1.165) is 24.5 Å². The molecule has 2 aliphatic rings. The van der Waals surface area contributed by atoms with Gasteiger partial charge in [0.1, 0.15) is 17.8 Å². The number of benzene rings is 1. The zero-order chi connectivity index (χ0) is 26.0.